The predicted octanol–water partition coefficient (Wildman–Crippen LogP) is 4.83. The molecule has 2 rings (SSSR count). The summed E-state index contributed by atoms with van der Waals surface area (Å²) in [5.74, 6) is 0.922. The van der Waals surface area contributed by atoms with Crippen LogP contribution in [0.2, 0.25) is 0 Å². The Hall–Kier alpha value is -0.0600. The summed E-state index contributed by atoms with van der Waals surface area (Å²) in [6, 6.07) is 6.14. The number of rotatable bonds is 2. The van der Waals surface area contributed by atoms with Gasteiger partial charge < -0.3 is 4.74 Å². The highest BCUT2D eigenvalue weighted by Gasteiger charge is 2.08. The van der Waals surface area contributed by atoms with Gasteiger partial charge in [0, 0.05) is 10.1 Å². The Morgan fingerprint density at radius 3 is 2.86 bits per heavy atom. The predicted molar refractivity (Wildman–Crippen MR) is 68.4 cm³/mol. The Bertz CT molecular complexity index is 464. The lowest BCUT2D eigenvalue weighted by molar-refractivity contribution is 0.341. The Morgan fingerprint density at radius 2 is 2.14 bits per heavy atom. The van der Waals surface area contributed by atoms with Gasteiger partial charge in [-0.3, -0.25) is 0 Å². The molecule has 0 saturated carbocycles. The van der Waals surface area contributed by atoms with Crippen LogP contribution < -0.4 is 4.74 Å². The van der Waals surface area contributed by atoms with Gasteiger partial charge in [-0.1, -0.05) is 0 Å². The molecule has 0 radical (unpaired) electrons. The van der Waals surface area contributed by atoms with E-state index in [0.717, 1.165) is 14.0 Å². The topological polar surface area (TPSA) is 9.23 Å². The molecule has 74 valence electrons. The standard InChI is InChI=1S/C10H8Br2OS/c1-2-13-6-3-4-8-7(5-6)9(11)10(12)14-8/h3-5H,2H2,1H3. The SMILES string of the molecule is CCOc1ccc2sc(Br)c(Br)c2c1. The van der Waals surface area contributed by atoms with Crippen molar-refractivity contribution in [2.75, 3.05) is 6.61 Å². The number of benzene rings is 1. The smallest absolute Gasteiger partial charge is 0.120 e. The largest absolute Gasteiger partial charge is 0.494 e. The highest BCUT2D eigenvalue weighted by molar-refractivity contribution is 9.13. The summed E-state index contributed by atoms with van der Waals surface area (Å²) in [5.41, 5.74) is 0. The minimum absolute atomic E-state index is 0.703. The maximum Gasteiger partial charge on any atom is 0.120 e. The molecule has 0 aliphatic rings. The van der Waals surface area contributed by atoms with Crippen molar-refractivity contribution in [3.05, 3.63) is 26.5 Å². The second-order valence-electron chi connectivity index (χ2n) is 2.78. The summed E-state index contributed by atoms with van der Waals surface area (Å²) in [4.78, 5) is 0. The molecule has 0 fully saturated rings. The molecule has 14 heavy (non-hydrogen) atoms. The van der Waals surface area contributed by atoms with Gasteiger partial charge in [0.15, 0.2) is 0 Å². The van der Waals surface area contributed by atoms with E-state index < -0.39 is 0 Å². The molecule has 0 unspecified atom stereocenters. The van der Waals surface area contributed by atoms with E-state index in [9.17, 15) is 0 Å². The number of hydrogen-bond donors (Lipinski definition) is 0. The first-order valence-electron chi connectivity index (χ1n) is 4.22. The third-order valence-corrected chi connectivity index (χ3v) is 5.33. The number of thiophene rings is 1. The van der Waals surface area contributed by atoms with E-state index in [2.05, 4.69) is 44.0 Å². The zero-order valence-corrected chi connectivity index (χ0v) is 11.5. The fraction of sp³-hybridized carbons (Fsp3) is 0.200. The molecule has 0 saturated heterocycles. The zero-order chi connectivity index (χ0) is 10.1. The van der Waals surface area contributed by atoms with Crippen LogP contribution in [0.25, 0.3) is 10.1 Å². The Balaban J connectivity index is 2.58. The monoisotopic (exact) mass is 334 g/mol. The highest BCUT2D eigenvalue weighted by Crippen LogP contribution is 2.40. The molecule has 1 heterocycles. The number of ether oxygens (including phenoxy) is 1. The van der Waals surface area contributed by atoms with Crippen LogP contribution in [0, 0.1) is 0 Å². The van der Waals surface area contributed by atoms with Gasteiger partial charge in [-0.25, -0.2) is 0 Å². The van der Waals surface area contributed by atoms with Crippen molar-refractivity contribution in [3.63, 3.8) is 0 Å². The van der Waals surface area contributed by atoms with E-state index in [1.165, 1.54) is 10.1 Å². The fourth-order valence-electron chi connectivity index (χ4n) is 1.27. The average molecular weight is 336 g/mol. The van der Waals surface area contributed by atoms with Gasteiger partial charge in [-0.2, -0.15) is 0 Å². The first-order chi connectivity index (χ1) is 6.72. The molecular weight excluding hydrogens is 328 g/mol. The van der Waals surface area contributed by atoms with Crippen LogP contribution in [0.1, 0.15) is 6.92 Å². The van der Waals surface area contributed by atoms with E-state index in [1.54, 1.807) is 11.3 Å². The third-order valence-electron chi connectivity index (χ3n) is 1.87. The lowest BCUT2D eigenvalue weighted by Crippen LogP contribution is -1.89. The minimum Gasteiger partial charge on any atom is -0.494 e. The Morgan fingerprint density at radius 1 is 1.36 bits per heavy atom. The lowest BCUT2D eigenvalue weighted by atomic mass is 10.2. The second kappa shape index (κ2) is 4.21. The van der Waals surface area contributed by atoms with E-state index in [1.807, 2.05) is 13.0 Å². The molecule has 0 amide bonds. The van der Waals surface area contributed by atoms with Crippen LogP contribution in [0.15, 0.2) is 26.5 Å². The summed E-state index contributed by atoms with van der Waals surface area (Å²) in [7, 11) is 0. The Kier molecular flexibility index (Phi) is 3.14. The van der Waals surface area contributed by atoms with Crippen LogP contribution in [-0.2, 0) is 0 Å². The van der Waals surface area contributed by atoms with Gasteiger partial charge in [-0.05, 0) is 57.0 Å². The Labute approximate surface area is 103 Å². The molecule has 0 aliphatic heterocycles. The fourth-order valence-corrected chi connectivity index (χ4v) is 3.51. The van der Waals surface area contributed by atoms with Gasteiger partial charge in [0.25, 0.3) is 0 Å². The molecular formula is C10H8Br2OS. The number of hydrogen-bond acceptors (Lipinski definition) is 2. The van der Waals surface area contributed by atoms with E-state index in [-0.39, 0.29) is 0 Å². The van der Waals surface area contributed by atoms with E-state index in [4.69, 9.17) is 4.74 Å². The molecule has 1 nitrogen and oxygen atoms in total. The molecule has 2 aromatic rings. The zero-order valence-electron chi connectivity index (χ0n) is 7.51. The summed E-state index contributed by atoms with van der Waals surface area (Å²) in [6.45, 7) is 2.69. The summed E-state index contributed by atoms with van der Waals surface area (Å²) >= 11 is 8.77. The van der Waals surface area contributed by atoms with E-state index in [0.29, 0.717) is 6.61 Å². The van der Waals surface area contributed by atoms with Gasteiger partial charge in [0.05, 0.1) is 14.9 Å². The van der Waals surface area contributed by atoms with Gasteiger partial charge >= 0.3 is 0 Å². The number of fused-ring (bicyclic) bond motifs is 1. The molecule has 1 aromatic heterocycles. The van der Waals surface area contributed by atoms with Gasteiger partial charge in [0.2, 0.25) is 0 Å². The normalized spacial score (nSPS) is 10.8. The second-order valence-corrected chi connectivity index (χ2v) is 5.94. The van der Waals surface area contributed by atoms with Crippen molar-refractivity contribution < 1.29 is 4.74 Å². The van der Waals surface area contributed by atoms with Crippen molar-refractivity contribution in [2.24, 2.45) is 0 Å². The minimum atomic E-state index is 0.703. The third kappa shape index (κ3) is 1.83. The highest BCUT2D eigenvalue weighted by atomic mass is 79.9. The summed E-state index contributed by atoms with van der Waals surface area (Å²) in [6.07, 6.45) is 0. The van der Waals surface area contributed by atoms with Crippen molar-refractivity contribution in [2.45, 2.75) is 6.92 Å². The molecule has 1 aromatic carbocycles. The molecule has 0 atom stereocenters. The molecule has 0 bridgehead atoms. The molecule has 0 aliphatic carbocycles. The maximum atomic E-state index is 5.45. The van der Waals surface area contributed by atoms with Crippen molar-refractivity contribution in [1.29, 1.82) is 0 Å². The molecule has 4 heteroatoms. The van der Waals surface area contributed by atoms with Crippen LogP contribution in [0.3, 0.4) is 0 Å². The van der Waals surface area contributed by atoms with Gasteiger partial charge in [0.1, 0.15) is 5.75 Å². The van der Waals surface area contributed by atoms with E-state index >= 15 is 0 Å². The van der Waals surface area contributed by atoms with Crippen molar-refractivity contribution in [3.8, 4) is 5.75 Å². The van der Waals surface area contributed by atoms with Crippen LogP contribution in [-0.4, -0.2) is 6.61 Å². The van der Waals surface area contributed by atoms with Crippen molar-refractivity contribution in [1.82, 2.24) is 0 Å². The van der Waals surface area contributed by atoms with Crippen molar-refractivity contribution >= 4 is 53.3 Å². The van der Waals surface area contributed by atoms with Crippen LogP contribution in [0.5, 0.6) is 5.75 Å². The van der Waals surface area contributed by atoms with Gasteiger partial charge in [-0.15, -0.1) is 11.3 Å². The van der Waals surface area contributed by atoms with Crippen LogP contribution in [0.4, 0.5) is 0 Å². The number of halogens is 2. The van der Waals surface area contributed by atoms with Crippen LogP contribution >= 0.6 is 43.2 Å². The quantitative estimate of drug-likeness (QED) is 0.764. The molecule has 0 spiro atoms. The summed E-state index contributed by atoms with van der Waals surface area (Å²) in [5, 5.41) is 1.20. The first kappa shape index (κ1) is 10.5. The summed E-state index contributed by atoms with van der Waals surface area (Å²) < 4.78 is 8.94. The maximum absolute atomic E-state index is 5.45. The average Bonchev–Trinajstić information content (AvgIpc) is 2.45. The lowest BCUT2D eigenvalue weighted by Gasteiger charge is -2.01. The first-order valence-corrected chi connectivity index (χ1v) is 6.63. The molecule has 0 N–H and O–H groups in total.